The zero-order chi connectivity index (χ0) is 15.4. The first-order valence-corrected chi connectivity index (χ1v) is 7.73. The number of hydrogen-bond donors (Lipinski definition) is 2. The number of amides is 1. The average Bonchev–Trinajstić information content (AvgIpc) is 2.84. The molecule has 7 heteroatoms. The van der Waals surface area contributed by atoms with Gasteiger partial charge in [0.25, 0.3) is 5.91 Å². The van der Waals surface area contributed by atoms with Crippen LogP contribution in [0.3, 0.4) is 0 Å². The van der Waals surface area contributed by atoms with Crippen LogP contribution in [0.25, 0.3) is 0 Å². The minimum Gasteiger partial charge on any atom is -0.396 e. The van der Waals surface area contributed by atoms with Crippen LogP contribution in [-0.2, 0) is 4.74 Å². The van der Waals surface area contributed by atoms with Crippen LogP contribution >= 0.6 is 11.3 Å². The predicted molar refractivity (Wildman–Crippen MR) is 83.6 cm³/mol. The molecule has 1 fully saturated rings. The molecule has 1 atom stereocenters. The van der Waals surface area contributed by atoms with Crippen molar-refractivity contribution in [1.82, 2.24) is 5.32 Å². The zero-order valence-electron chi connectivity index (χ0n) is 12.3. The number of rotatable bonds is 4. The largest absolute Gasteiger partial charge is 0.396 e. The second kappa shape index (κ2) is 6.78. The van der Waals surface area contributed by atoms with Crippen LogP contribution in [0.1, 0.15) is 28.1 Å². The quantitative estimate of drug-likeness (QED) is 0.878. The highest BCUT2D eigenvalue weighted by Gasteiger charge is 2.24. The molecule has 1 saturated heterocycles. The standard InChI is InChI=1S/C14H20N4O2S/c1-17-13(19)12-11(16)10(6-15)14(21-12)18(2)7-9-4-3-5-20-8-9/h9H,3-5,7-8,16H2,1-2H3,(H,17,19). The molecule has 0 aromatic carbocycles. The molecule has 0 aliphatic carbocycles. The number of ether oxygens (including phenoxy) is 1. The fourth-order valence-corrected chi connectivity index (χ4v) is 3.60. The lowest BCUT2D eigenvalue weighted by Crippen LogP contribution is -2.30. The number of hydrogen-bond acceptors (Lipinski definition) is 6. The number of nitrogens with one attached hydrogen (secondary N) is 1. The van der Waals surface area contributed by atoms with E-state index in [1.165, 1.54) is 11.3 Å². The fraction of sp³-hybridized carbons (Fsp3) is 0.571. The molecule has 1 aromatic heterocycles. The van der Waals surface area contributed by atoms with Crippen LogP contribution in [0.5, 0.6) is 0 Å². The normalized spacial score (nSPS) is 18.0. The van der Waals surface area contributed by atoms with Gasteiger partial charge in [-0.2, -0.15) is 5.26 Å². The molecule has 1 unspecified atom stereocenters. The maximum Gasteiger partial charge on any atom is 0.263 e. The topological polar surface area (TPSA) is 91.4 Å². The zero-order valence-corrected chi connectivity index (χ0v) is 13.1. The Bertz CT molecular complexity index is 558. The fourth-order valence-electron chi connectivity index (χ4n) is 2.51. The molecule has 1 aliphatic rings. The van der Waals surface area contributed by atoms with Gasteiger partial charge in [-0.3, -0.25) is 4.79 Å². The van der Waals surface area contributed by atoms with Crippen LogP contribution in [0.4, 0.5) is 10.7 Å². The lowest BCUT2D eigenvalue weighted by Gasteiger charge is -2.27. The van der Waals surface area contributed by atoms with Gasteiger partial charge in [0.15, 0.2) is 0 Å². The third-order valence-electron chi connectivity index (χ3n) is 3.61. The van der Waals surface area contributed by atoms with Gasteiger partial charge >= 0.3 is 0 Å². The second-order valence-electron chi connectivity index (χ2n) is 5.18. The van der Waals surface area contributed by atoms with Gasteiger partial charge in [0.05, 0.1) is 12.3 Å². The van der Waals surface area contributed by atoms with Crippen molar-refractivity contribution in [2.75, 3.05) is 44.5 Å². The number of nitrogen functional groups attached to an aromatic ring is 1. The lowest BCUT2D eigenvalue weighted by molar-refractivity contribution is 0.0577. The summed E-state index contributed by atoms with van der Waals surface area (Å²) in [6.45, 7) is 2.37. The first kappa shape index (κ1) is 15.6. The Balaban J connectivity index is 2.21. The summed E-state index contributed by atoms with van der Waals surface area (Å²) in [5.74, 6) is 0.191. The summed E-state index contributed by atoms with van der Waals surface area (Å²) in [7, 11) is 3.48. The Kier molecular flexibility index (Phi) is 5.04. The molecule has 3 N–H and O–H groups in total. The number of nitriles is 1. The summed E-state index contributed by atoms with van der Waals surface area (Å²) in [5, 5.41) is 12.6. The van der Waals surface area contributed by atoms with Gasteiger partial charge in [-0.25, -0.2) is 0 Å². The number of carbonyl (C=O) groups excluding carboxylic acids is 1. The van der Waals surface area contributed by atoms with Crippen LogP contribution in [0.2, 0.25) is 0 Å². The Morgan fingerprint density at radius 2 is 2.43 bits per heavy atom. The van der Waals surface area contributed by atoms with Crippen molar-refractivity contribution < 1.29 is 9.53 Å². The van der Waals surface area contributed by atoms with Crippen molar-refractivity contribution in [3.8, 4) is 6.07 Å². The van der Waals surface area contributed by atoms with Gasteiger partial charge in [-0.1, -0.05) is 0 Å². The van der Waals surface area contributed by atoms with Crippen molar-refractivity contribution in [2.45, 2.75) is 12.8 Å². The van der Waals surface area contributed by atoms with Crippen molar-refractivity contribution in [3.05, 3.63) is 10.4 Å². The molecule has 1 aromatic rings. The highest BCUT2D eigenvalue weighted by Crippen LogP contribution is 2.37. The van der Waals surface area contributed by atoms with E-state index in [1.807, 2.05) is 11.9 Å². The molecule has 6 nitrogen and oxygen atoms in total. The smallest absolute Gasteiger partial charge is 0.263 e. The van der Waals surface area contributed by atoms with Gasteiger partial charge in [-0.15, -0.1) is 11.3 Å². The first-order chi connectivity index (χ1) is 10.1. The van der Waals surface area contributed by atoms with Gasteiger partial charge < -0.3 is 20.7 Å². The van der Waals surface area contributed by atoms with Crippen LogP contribution in [-0.4, -0.2) is 39.8 Å². The van der Waals surface area contributed by atoms with E-state index in [2.05, 4.69) is 11.4 Å². The molecule has 2 rings (SSSR count). The molecule has 0 spiro atoms. The molecule has 0 saturated carbocycles. The summed E-state index contributed by atoms with van der Waals surface area (Å²) < 4.78 is 5.48. The number of nitrogens with two attached hydrogens (primary N) is 1. The molecule has 1 aliphatic heterocycles. The van der Waals surface area contributed by atoms with E-state index in [0.717, 1.165) is 37.6 Å². The van der Waals surface area contributed by atoms with E-state index >= 15 is 0 Å². The summed E-state index contributed by atoms with van der Waals surface area (Å²) in [6, 6.07) is 2.11. The van der Waals surface area contributed by atoms with Crippen LogP contribution in [0.15, 0.2) is 0 Å². The Morgan fingerprint density at radius 3 is 3.00 bits per heavy atom. The van der Waals surface area contributed by atoms with Crippen molar-refractivity contribution in [2.24, 2.45) is 5.92 Å². The summed E-state index contributed by atoms with van der Waals surface area (Å²) in [5.41, 5.74) is 6.59. The van der Waals surface area contributed by atoms with Gasteiger partial charge in [0, 0.05) is 27.2 Å². The minimum absolute atomic E-state index is 0.255. The second-order valence-corrected chi connectivity index (χ2v) is 6.18. The lowest BCUT2D eigenvalue weighted by atomic mass is 10.0. The Hall–Kier alpha value is -1.78. The van der Waals surface area contributed by atoms with E-state index in [0.29, 0.717) is 16.4 Å². The minimum atomic E-state index is -0.255. The molecule has 114 valence electrons. The van der Waals surface area contributed by atoms with E-state index in [4.69, 9.17) is 10.5 Å². The maximum absolute atomic E-state index is 11.8. The van der Waals surface area contributed by atoms with Crippen LogP contribution in [0, 0.1) is 17.2 Å². The molecule has 0 bridgehead atoms. The van der Waals surface area contributed by atoms with Gasteiger partial charge in [0.1, 0.15) is 21.5 Å². The average molecular weight is 308 g/mol. The maximum atomic E-state index is 11.8. The summed E-state index contributed by atoms with van der Waals surface area (Å²) in [4.78, 5) is 14.2. The van der Waals surface area contributed by atoms with E-state index in [1.54, 1.807) is 7.05 Å². The third-order valence-corrected chi connectivity index (χ3v) is 4.92. The molecular formula is C14H20N4O2S. The molecule has 21 heavy (non-hydrogen) atoms. The first-order valence-electron chi connectivity index (χ1n) is 6.91. The number of anilines is 2. The van der Waals surface area contributed by atoms with E-state index in [9.17, 15) is 10.1 Å². The molecule has 2 heterocycles. The SMILES string of the molecule is CNC(=O)c1sc(N(C)CC2CCCOC2)c(C#N)c1N. The van der Waals surface area contributed by atoms with Crippen molar-refractivity contribution >= 4 is 27.9 Å². The molecular weight excluding hydrogens is 288 g/mol. The van der Waals surface area contributed by atoms with Gasteiger partial charge in [-0.05, 0) is 18.8 Å². The van der Waals surface area contributed by atoms with Crippen LogP contribution < -0.4 is 16.0 Å². The summed E-state index contributed by atoms with van der Waals surface area (Å²) in [6.07, 6.45) is 2.19. The predicted octanol–water partition coefficient (Wildman–Crippen LogP) is 1.42. The van der Waals surface area contributed by atoms with E-state index in [-0.39, 0.29) is 11.6 Å². The number of carbonyl (C=O) groups is 1. The Morgan fingerprint density at radius 1 is 1.67 bits per heavy atom. The third kappa shape index (κ3) is 3.28. The summed E-state index contributed by atoms with van der Waals surface area (Å²) >= 11 is 1.27. The van der Waals surface area contributed by atoms with Gasteiger partial charge in [0.2, 0.25) is 0 Å². The molecule has 0 radical (unpaired) electrons. The molecule has 1 amide bonds. The highest BCUT2D eigenvalue weighted by molar-refractivity contribution is 7.19. The van der Waals surface area contributed by atoms with E-state index < -0.39 is 0 Å². The van der Waals surface area contributed by atoms with Crippen molar-refractivity contribution in [3.63, 3.8) is 0 Å². The monoisotopic (exact) mass is 308 g/mol. The Labute approximate surface area is 128 Å². The number of thiophene rings is 1. The number of nitrogens with zero attached hydrogens (tertiary/aromatic N) is 2. The van der Waals surface area contributed by atoms with Crippen molar-refractivity contribution in [1.29, 1.82) is 5.26 Å². The highest BCUT2D eigenvalue weighted by atomic mass is 32.1.